The maximum absolute atomic E-state index is 12.1. The van der Waals surface area contributed by atoms with Crippen LogP contribution in [0.3, 0.4) is 0 Å². The summed E-state index contributed by atoms with van der Waals surface area (Å²) in [6.45, 7) is 2.60. The lowest BCUT2D eigenvalue weighted by Crippen LogP contribution is -2.40. The van der Waals surface area contributed by atoms with Crippen LogP contribution in [0, 0.1) is 0 Å². The fourth-order valence-electron chi connectivity index (χ4n) is 1.91. The van der Waals surface area contributed by atoms with E-state index in [-0.39, 0.29) is 30.3 Å². The molecule has 136 valence electrons. The van der Waals surface area contributed by atoms with E-state index < -0.39 is 12.8 Å². The molecule has 2 N–H and O–H groups in total. The third-order valence-electron chi connectivity index (χ3n) is 3.09. The first-order valence-corrected chi connectivity index (χ1v) is 7.86. The second kappa shape index (κ2) is 9.94. The number of hydrogen-bond donors (Lipinski definition) is 2. The van der Waals surface area contributed by atoms with Gasteiger partial charge in [-0.2, -0.15) is 18.2 Å². The molecule has 1 aromatic rings. The van der Waals surface area contributed by atoms with Crippen LogP contribution in [-0.4, -0.2) is 34.8 Å². The largest absolute Gasteiger partial charge is 0.468 e. The summed E-state index contributed by atoms with van der Waals surface area (Å²) in [5.74, 6) is -0.0177. The SMILES string of the molecule is CCCCCC(C)NC(=O)NCc1nccc(OCC(F)(F)F)n1. The maximum atomic E-state index is 12.1. The number of amides is 2. The first-order valence-electron chi connectivity index (χ1n) is 7.86. The number of halogens is 3. The van der Waals surface area contributed by atoms with Crippen LogP contribution < -0.4 is 15.4 Å². The molecule has 0 aliphatic heterocycles. The molecule has 24 heavy (non-hydrogen) atoms. The molecule has 0 fully saturated rings. The van der Waals surface area contributed by atoms with Gasteiger partial charge >= 0.3 is 12.2 Å². The minimum Gasteiger partial charge on any atom is -0.468 e. The molecular weight excluding hydrogens is 325 g/mol. The second-order valence-electron chi connectivity index (χ2n) is 5.44. The number of carbonyl (C=O) groups excluding carboxylic acids is 1. The van der Waals surface area contributed by atoms with Gasteiger partial charge in [-0.25, -0.2) is 9.78 Å². The van der Waals surface area contributed by atoms with Crippen LogP contribution in [0.4, 0.5) is 18.0 Å². The Hall–Kier alpha value is -2.06. The van der Waals surface area contributed by atoms with Crippen molar-refractivity contribution >= 4 is 6.03 Å². The van der Waals surface area contributed by atoms with Crippen LogP contribution in [0.5, 0.6) is 5.88 Å². The molecule has 0 aromatic carbocycles. The van der Waals surface area contributed by atoms with Crippen LogP contribution in [0.15, 0.2) is 12.3 Å². The third-order valence-corrected chi connectivity index (χ3v) is 3.09. The van der Waals surface area contributed by atoms with Crippen LogP contribution in [0.1, 0.15) is 45.4 Å². The molecule has 2 amide bonds. The van der Waals surface area contributed by atoms with Crippen molar-refractivity contribution in [3.63, 3.8) is 0 Å². The van der Waals surface area contributed by atoms with Crippen molar-refractivity contribution in [2.45, 2.75) is 58.3 Å². The highest BCUT2D eigenvalue weighted by Gasteiger charge is 2.28. The summed E-state index contributed by atoms with van der Waals surface area (Å²) < 4.78 is 40.8. The summed E-state index contributed by atoms with van der Waals surface area (Å²) in [5.41, 5.74) is 0. The molecule has 0 saturated heterocycles. The standard InChI is InChI=1S/C15H23F3N4O2/c1-3-4-5-6-11(2)21-14(23)20-9-12-19-8-7-13(22-12)24-10-15(16,17)18/h7-8,11H,3-6,9-10H2,1-2H3,(H2,20,21,23). The van der Waals surface area contributed by atoms with Crippen molar-refractivity contribution in [2.75, 3.05) is 6.61 Å². The highest BCUT2D eigenvalue weighted by molar-refractivity contribution is 5.74. The van der Waals surface area contributed by atoms with Gasteiger partial charge in [0.05, 0.1) is 6.54 Å². The monoisotopic (exact) mass is 348 g/mol. The second-order valence-corrected chi connectivity index (χ2v) is 5.44. The Balaban J connectivity index is 2.37. The van der Waals surface area contributed by atoms with Crippen LogP contribution >= 0.6 is 0 Å². The Morgan fingerprint density at radius 3 is 2.79 bits per heavy atom. The van der Waals surface area contributed by atoms with Gasteiger partial charge in [0.2, 0.25) is 5.88 Å². The number of nitrogens with zero attached hydrogens (tertiary/aromatic N) is 2. The number of urea groups is 1. The molecular formula is C15H23F3N4O2. The van der Waals surface area contributed by atoms with E-state index in [0.717, 1.165) is 25.7 Å². The smallest absolute Gasteiger partial charge is 0.422 e. The number of nitrogens with one attached hydrogen (secondary N) is 2. The number of rotatable bonds is 9. The van der Waals surface area contributed by atoms with Gasteiger partial charge in [0.1, 0.15) is 0 Å². The average molecular weight is 348 g/mol. The van der Waals surface area contributed by atoms with Crippen LogP contribution in [-0.2, 0) is 6.54 Å². The van der Waals surface area contributed by atoms with E-state index in [9.17, 15) is 18.0 Å². The first kappa shape index (κ1) is 20.0. The Morgan fingerprint density at radius 2 is 2.12 bits per heavy atom. The summed E-state index contributed by atoms with van der Waals surface area (Å²) in [4.78, 5) is 19.4. The number of alkyl halides is 3. The van der Waals surface area contributed by atoms with Gasteiger partial charge in [-0.15, -0.1) is 0 Å². The molecule has 1 aromatic heterocycles. The maximum Gasteiger partial charge on any atom is 0.422 e. The Morgan fingerprint density at radius 1 is 1.38 bits per heavy atom. The van der Waals surface area contributed by atoms with Gasteiger partial charge in [-0.05, 0) is 13.3 Å². The molecule has 0 aliphatic rings. The topological polar surface area (TPSA) is 76.1 Å². The summed E-state index contributed by atoms with van der Waals surface area (Å²) in [6, 6.07) is 0.897. The highest BCUT2D eigenvalue weighted by Crippen LogP contribution is 2.16. The van der Waals surface area contributed by atoms with Gasteiger partial charge in [-0.3, -0.25) is 0 Å². The van der Waals surface area contributed by atoms with Crippen molar-refractivity contribution in [1.82, 2.24) is 20.6 Å². The lowest BCUT2D eigenvalue weighted by molar-refractivity contribution is -0.154. The molecule has 0 spiro atoms. The molecule has 1 unspecified atom stereocenters. The zero-order valence-electron chi connectivity index (χ0n) is 13.8. The molecule has 0 bridgehead atoms. The van der Waals surface area contributed by atoms with Gasteiger partial charge in [0.25, 0.3) is 0 Å². The number of carbonyl (C=O) groups is 1. The summed E-state index contributed by atoms with van der Waals surface area (Å²) in [6.07, 6.45) is 1.01. The average Bonchev–Trinajstić information content (AvgIpc) is 2.51. The minimum absolute atomic E-state index is 0.00324. The third kappa shape index (κ3) is 9.16. The molecule has 0 saturated carbocycles. The Labute approximate surface area is 139 Å². The fourth-order valence-corrected chi connectivity index (χ4v) is 1.91. The van der Waals surface area contributed by atoms with E-state index in [1.165, 1.54) is 12.3 Å². The van der Waals surface area contributed by atoms with Crippen molar-refractivity contribution in [1.29, 1.82) is 0 Å². The molecule has 0 aliphatic carbocycles. The van der Waals surface area contributed by atoms with Crippen molar-refractivity contribution in [3.8, 4) is 5.88 Å². The van der Waals surface area contributed by atoms with Crippen molar-refractivity contribution in [2.24, 2.45) is 0 Å². The van der Waals surface area contributed by atoms with Crippen molar-refractivity contribution < 1.29 is 22.7 Å². The van der Waals surface area contributed by atoms with E-state index in [0.29, 0.717) is 0 Å². The lowest BCUT2D eigenvalue weighted by Gasteiger charge is -2.14. The summed E-state index contributed by atoms with van der Waals surface area (Å²) in [5, 5.41) is 5.35. The fraction of sp³-hybridized carbons (Fsp3) is 0.667. The molecule has 1 heterocycles. The molecule has 9 heteroatoms. The van der Waals surface area contributed by atoms with Crippen LogP contribution in [0.25, 0.3) is 0 Å². The van der Waals surface area contributed by atoms with E-state index >= 15 is 0 Å². The van der Waals surface area contributed by atoms with E-state index in [2.05, 4.69) is 32.3 Å². The number of unbranched alkanes of at least 4 members (excludes halogenated alkanes) is 2. The number of aromatic nitrogens is 2. The van der Waals surface area contributed by atoms with Gasteiger partial charge in [-0.1, -0.05) is 26.2 Å². The first-order chi connectivity index (χ1) is 11.3. The van der Waals surface area contributed by atoms with E-state index in [1.54, 1.807) is 0 Å². The van der Waals surface area contributed by atoms with Gasteiger partial charge < -0.3 is 15.4 Å². The lowest BCUT2D eigenvalue weighted by atomic mass is 10.1. The van der Waals surface area contributed by atoms with Gasteiger partial charge in [0.15, 0.2) is 12.4 Å². The van der Waals surface area contributed by atoms with Gasteiger partial charge in [0, 0.05) is 18.3 Å². The van der Waals surface area contributed by atoms with Crippen LogP contribution in [0.2, 0.25) is 0 Å². The zero-order valence-corrected chi connectivity index (χ0v) is 13.8. The normalized spacial score (nSPS) is 12.5. The number of ether oxygens (including phenoxy) is 1. The zero-order chi connectivity index (χ0) is 18.0. The predicted octanol–water partition coefficient (Wildman–Crippen LogP) is 3.19. The molecule has 0 radical (unpaired) electrons. The predicted molar refractivity (Wildman–Crippen MR) is 82.6 cm³/mol. The van der Waals surface area contributed by atoms with Crippen molar-refractivity contribution in [3.05, 3.63) is 18.1 Å². The highest BCUT2D eigenvalue weighted by atomic mass is 19.4. The minimum atomic E-state index is -4.43. The Kier molecular flexibility index (Phi) is 8.28. The quantitative estimate of drug-likeness (QED) is 0.672. The molecule has 1 atom stereocenters. The molecule has 1 rings (SSSR count). The van der Waals surface area contributed by atoms with E-state index in [4.69, 9.17) is 0 Å². The Bertz CT molecular complexity index is 512. The number of hydrogen-bond acceptors (Lipinski definition) is 4. The molecule has 6 nitrogen and oxygen atoms in total. The summed E-state index contributed by atoms with van der Waals surface area (Å²) in [7, 11) is 0. The summed E-state index contributed by atoms with van der Waals surface area (Å²) >= 11 is 0. The van der Waals surface area contributed by atoms with E-state index in [1.807, 2.05) is 6.92 Å².